The summed E-state index contributed by atoms with van der Waals surface area (Å²) in [6.45, 7) is 0. The third kappa shape index (κ3) is 4.91. The summed E-state index contributed by atoms with van der Waals surface area (Å²) >= 11 is 0. The molecule has 0 saturated heterocycles. The van der Waals surface area contributed by atoms with E-state index < -0.39 is 5.41 Å². The van der Waals surface area contributed by atoms with Crippen LogP contribution in [0.1, 0.15) is 22.3 Å². The summed E-state index contributed by atoms with van der Waals surface area (Å²) in [6, 6.07) is 73.2. The molecule has 3 heteroatoms. The maximum Gasteiger partial charge on any atom is 0.161 e. The van der Waals surface area contributed by atoms with Crippen LogP contribution < -0.4 is 0 Å². The van der Waals surface area contributed by atoms with Gasteiger partial charge in [0.1, 0.15) is 11.2 Å². The van der Waals surface area contributed by atoms with Crippen molar-refractivity contribution in [2.24, 2.45) is 0 Å². The molecule has 0 saturated carbocycles. The molecule has 3 nitrogen and oxygen atoms in total. The molecule has 0 amide bonds. The van der Waals surface area contributed by atoms with E-state index in [9.17, 15) is 0 Å². The molecule has 10 aromatic rings. The topological polar surface area (TPSA) is 38.9 Å². The first-order valence-electron chi connectivity index (χ1n) is 19.1. The highest BCUT2D eigenvalue weighted by Crippen LogP contribution is 2.57. The predicted molar refractivity (Wildman–Crippen MR) is 228 cm³/mol. The minimum Gasteiger partial charge on any atom is -0.455 e. The number of benzene rings is 8. The van der Waals surface area contributed by atoms with E-state index in [-0.39, 0.29) is 0 Å². The summed E-state index contributed by atoms with van der Waals surface area (Å²) in [4.78, 5) is 10.5. The first-order chi connectivity index (χ1) is 27.8. The van der Waals surface area contributed by atoms with Crippen LogP contribution in [0.25, 0.3) is 78.1 Å². The number of aromatic nitrogens is 2. The number of furan rings is 1. The van der Waals surface area contributed by atoms with Crippen molar-refractivity contribution < 1.29 is 4.42 Å². The molecular formula is C53H34N2O. The molecule has 2 aromatic heterocycles. The van der Waals surface area contributed by atoms with Gasteiger partial charge in [-0.15, -0.1) is 0 Å². The van der Waals surface area contributed by atoms with Crippen LogP contribution in [0, 0.1) is 0 Å². The Morgan fingerprint density at radius 1 is 0.375 bits per heavy atom. The van der Waals surface area contributed by atoms with Crippen molar-refractivity contribution in [2.45, 2.75) is 5.41 Å². The lowest BCUT2D eigenvalue weighted by molar-refractivity contribution is 0.670. The Hall–Kier alpha value is -7.36. The Kier molecular flexibility index (Phi) is 7.39. The van der Waals surface area contributed by atoms with Gasteiger partial charge in [0.25, 0.3) is 0 Å². The van der Waals surface area contributed by atoms with Gasteiger partial charge in [-0.3, -0.25) is 0 Å². The Balaban J connectivity index is 1.17. The van der Waals surface area contributed by atoms with Crippen molar-refractivity contribution in [2.75, 3.05) is 0 Å². The molecule has 2 heterocycles. The van der Waals surface area contributed by atoms with E-state index in [1.54, 1.807) is 0 Å². The monoisotopic (exact) mass is 714 g/mol. The molecule has 0 fully saturated rings. The van der Waals surface area contributed by atoms with Crippen LogP contribution >= 0.6 is 0 Å². The maximum absolute atomic E-state index is 6.88. The highest BCUT2D eigenvalue weighted by molar-refractivity contribution is 6.16. The number of nitrogens with zero attached hydrogens (tertiary/aromatic N) is 2. The van der Waals surface area contributed by atoms with E-state index >= 15 is 0 Å². The molecule has 8 aromatic carbocycles. The van der Waals surface area contributed by atoms with Crippen LogP contribution in [0.2, 0.25) is 0 Å². The van der Waals surface area contributed by atoms with Gasteiger partial charge in [-0.1, -0.05) is 176 Å². The van der Waals surface area contributed by atoms with E-state index in [1.807, 2.05) is 18.2 Å². The molecule has 56 heavy (non-hydrogen) atoms. The molecule has 0 spiro atoms. The molecule has 0 radical (unpaired) electrons. The second-order valence-corrected chi connectivity index (χ2v) is 14.4. The van der Waals surface area contributed by atoms with E-state index in [0.29, 0.717) is 5.82 Å². The van der Waals surface area contributed by atoms with Crippen molar-refractivity contribution in [3.63, 3.8) is 0 Å². The minimum atomic E-state index is -0.503. The smallest absolute Gasteiger partial charge is 0.161 e. The highest BCUT2D eigenvalue weighted by atomic mass is 16.3. The second kappa shape index (κ2) is 12.9. The zero-order valence-electron chi connectivity index (χ0n) is 30.4. The van der Waals surface area contributed by atoms with Gasteiger partial charge in [-0.2, -0.15) is 0 Å². The first-order valence-corrected chi connectivity index (χ1v) is 19.1. The Morgan fingerprint density at radius 2 is 0.893 bits per heavy atom. The summed E-state index contributed by atoms with van der Waals surface area (Å²) in [5, 5.41) is 2.04. The second-order valence-electron chi connectivity index (χ2n) is 14.4. The quantitative estimate of drug-likeness (QED) is 0.172. The zero-order valence-corrected chi connectivity index (χ0v) is 30.4. The van der Waals surface area contributed by atoms with E-state index in [1.165, 1.54) is 33.4 Å². The van der Waals surface area contributed by atoms with Crippen molar-refractivity contribution in [3.8, 4) is 56.2 Å². The predicted octanol–water partition coefficient (Wildman–Crippen LogP) is 13.4. The number of hydrogen-bond donors (Lipinski definition) is 0. The molecule has 1 aliphatic carbocycles. The summed E-state index contributed by atoms with van der Waals surface area (Å²) < 4.78 is 6.88. The molecule has 0 bridgehead atoms. The Morgan fingerprint density at radius 3 is 1.55 bits per heavy atom. The van der Waals surface area contributed by atoms with Crippen LogP contribution in [0.5, 0.6) is 0 Å². The fourth-order valence-corrected chi connectivity index (χ4v) is 8.94. The third-order valence-electron chi connectivity index (χ3n) is 11.4. The number of hydrogen-bond acceptors (Lipinski definition) is 3. The van der Waals surface area contributed by atoms with Gasteiger partial charge in [-0.05, 0) is 69.3 Å². The Labute approximate surface area is 325 Å². The van der Waals surface area contributed by atoms with Crippen LogP contribution in [0.3, 0.4) is 0 Å². The number of para-hydroxylation sites is 1. The highest BCUT2D eigenvalue weighted by Gasteiger charge is 2.46. The molecule has 262 valence electrons. The average molecular weight is 715 g/mol. The van der Waals surface area contributed by atoms with E-state index in [0.717, 1.165) is 61.1 Å². The molecule has 1 aliphatic rings. The van der Waals surface area contributed by atoms with Crippen molar-refractivity contribution in [1.82, 2.24) is 9.97 Å². The van der Waals surface area contributed by atoms with Crippen molar-refractivity contribution in [1.29, 1.82) is 0 Å². The molecule has 0 atom stereocenters. The lowest BCUT2D eigenvalue weighted by Crippen LogP contribution is -2.28. The van der Waals surface area contributed by atoms with Gasteiger partial charge in [0.2, 0.25) is 0 Å². The van der Waals surface area contributed by atoms with Crippen LogP contribution in [-0.2, 0) is 5.41 Å². The lowest BCUT2D eigenvalue weighted by Gasteiger charge is -2.34. The van der Waals surface area contributed by atoms with Crippen LogP contribution in [0.4, 0.5) is 0 Å². The molecule has 0 aliphatic heterocycles. The third-order valence-corrected chi connectivity index (χ3v) is 11.4. The summed E-state index contributed by atoms with van der Waals surface area (Å²) in [6.07, 6.45) is 0. The van der Waals surface area contributed by atoms with Crippen LogP contribution in [0.15, 0.2) is 211 Å². The summed E-state index contributed by atoms with van der Waals surface area (Å²) in [5.74, 6) is 0.657. The largest absolute Gasteiger partial charge is 0.455 e. The molecular weight excluding hydrogens is 681 g/mol. The zero-order chi connectivity index (χ0) is 37.1. The summed E-state index contributed by atoms with van der Waals surface area (Å²) in [7, 11) is 0. The normalized spacial score (nSPS) is 12.8. The van der Waals surface area contributed by atoms with E-state index in [4.69, 9.17) is 14.4 Å². The van der Waals surface area contributed by atoms with Crippen molar-refractivity contribution in [3.05, 3.63) is 229 Å². The summed E-state index contributed by atoms with van der Waals surface area (Å²) in [5.41, 5.74) is 15.5. The van der Waals surface area contributed by atoms with E-state index in [2.05, 4.69) is 188 Å². The fraction of sp³-hybridized carbons (Fsp3) is 0.0189. The molecule has 0 unspecified atom stereocenters. The minimum absolute atomic E-state index is 0.503. The van der Waals surface area contributed by atoms with Gasteiger partial charge in [-0.25, -0.2) is 9.97 Å². The number of fused-ring (bicyclic) bond motifs is 6. The SMILES string of the molecule is c1ccc(-c2cc(-c3ccccc3)nc(-c3ccc(-c4ccc5c(c4)C(c4ccccc4)(c4ccccc4)c4ccccc4-5)c4oc5ccccc5c34)n2)cc1. The lowest BCUT2D eigenvalue weighted by atomic mass is 9.67. The average Bonchev–Trinajstić information content (AvgIpc) is 3.81. The molecule has 11 rings (SSSR count). The van der Waals surface area contributed by atoms with Crippen molar-refractivity contribution >= 4 is 21.9 Å². The standard InChI is InChI=1S/C53H34N2O/c1-5-17-35(18-6-1)47-34-48(36-19-7-2-8-20-36)55-52(54-47)44-32-31-40(51-50(44)43-26-14-16-28-49(43)56-51)37-29-30-42-41-25-13-15-27-45(41)53(46(42)33-37,38-21-9-3-10-22-38)39-23-11-4-12-24-39/h1-34H. The van der Waals surface area contributed by atoms with Gasteiger partial charge in [0.15, 0.2) is 5.82 Å². The number of rotatable bonds is 6. The van der Waals surface area contributed by atoms with Gasteiger partial charge in [0, 0.05) is 33.0 Å². The Bertz CT molecular complexity index is 2960. The van der Waals surface area contributed by atoms with Gasteiger partial charge in [0.05, 0.1) is 16.8 Å². The first kappa shape index (κ1) is 32.1. The maximum atomic E-state index is 6.88. The molecule has 0 N–H and O–H groups in total. The fourth-order valence-electron chi connectivity index (χ4n) is 8.94. The van der Waals surface area contributed by atoms with Gasteiger partial charge < -0.3 is 4.42 Å². The van der Waals surface area contributed by atoms with Gasteiger partial charge >= 0.3 is 0 Å². The van der Waals surface area contributed by atoms with Crippen LogP contribution in [-0.4, -0.2) is 9.97 Å².